The first kappa shape index (κ1) is 13.6. The van der Waals surface area contributed by atoms with Crippen molar-refractivity contribution in [3.05, 3.63) is 43.9 Å². The number of hydrogen-bond acceptors (Lipinski definition) is 3. The molecule has 0 atom stereocenters. The lowest BCUT2D eigenvalue weighted by Gasteiger charge is -2.19. The Hall–Kier alpha value is -0.780. The molecule has 0 aliphatic carbocycles. The highest BCUT2D eigenvalue weighted by molar-refractivity contribution is 9.11. The van der Waals surface area contributed by atoms with Crippen LogP contribution in [0.15, 0.2) is 32.7 Å². The summed E-state index contributed by atoms with van der Waals surface area (Å²) >= 11 is 10.9. The van der Waals surface area contributed by atoms with Gasteiger partial charge in [0.15, 0.2) is 0 Å². The average Bonchev–Trinajstić information content (AvgIpc) is 2.94. The summed E-state index contributed by atoms with van der Waals surface area (Å²) in [6.07, 6.45) is 1.42. The number of nitrogens with zero attached hydrogens (tertiary/aromatic N) is 1. The molecule has 0 unspecified atom stereocenters. The van der Waals surface area contributed by atoms with Crippen molar-refractivity contribution in [2.45, 2.75) is 13.5 Å². The van der Waals surface area contributed by atoms with Gasteiger partial charge in [-0.1, -0.05) is 0 Å². The van der Waals surface area contributed by atoms with Crippen LogP contribution in [0.5, 0.6) is 0 Å². The standard InChI is InChI=1S/C12H11BrClNO2S/c1-2-15(7-8-3-4-10(13)18-8)12(16)9-5-6-17-11(9)14/h3-6H,2,7H2,1H3. The van der Waals surface area contributed by atoms with Gasteiger partial charge in [0.1, 0.15) is 0 Å². The van der Waals surface area contributed by atoms with Gasteiger partial charge in [-0.3, -0.25) is 4.79 Å². The Morgan fingerprint density at radius 3 is 2.78 bits per heavy atom. The Kier molecular flexibility index (Phi) is 4.48. The van der Waals surface area contributed by atoms with Crippen molar-refractivity contribution in [1.82, 2.24) is 4.90 Å². The van der Waals surface area contributed by atoms with Crippen molar-refractivity contribution in [3.8, 4) is 0 Å². The number of carbonyl (C=O) groups is 1. The molecule has 0 saturated carbocycles. The fourth-order valence-corrected chi connectivity index (χ4v) is 3.26. The topological polar surface area (TPSA) is 33.5 Å². The summed E-state index contributed by atoms with van der Waals surface area (Å²) in [5, 5.41) is 0.144. The van der Waals surface area contributed by atoms with Gasteiger partial charge >= 0.3 is 0 Å². The first-order valence-electron chi connectivity index (χ1n) is 5.38. The zero-order valence-corrected chi connectivity index (χ0v) is 12.8. The number of thiophene rings is 1. The molecular formula is C12H11BrClNO2S. The molecule has 1 amide bonds. The smallest absolute Gasteiger partial charge is 0.259 e. The number of amides is 1. The van der Waals surface area contributed by atoms with Crippen LogP contribution < -0.4 is 0 Å². The largest absolute Gasteiger partial charge is 0.452 e. The molecule has 0 fully saturated rings. The van der Waals surface area contributed by atoms with E-state index in [2.05, 4.69) is 15.9 Å². The zero-order chi connectivity index (χ0) is 13.1. The van der Waals surface area contributed by atoms with Gasteiger partial charge in [0.05, 0.1) is 22.2 Å². The Labute approximate surface area is 122 Å². The van der Waals surface area contributed by atoms with Crippen molar-refractivity contribution >= 4 is 44.8 Å². The lowest BCUT2D eigenvalue weighted by molar-refractivity contribution is 0.0753. The Morgan fingerprint density at radius 2 is 2.28 bits per heavy atom. The molecule has 96 valence electrons. The minimum atomic E-state index is -0.110. The number of furan rings is 1. The van der Waals surface area contributed by atoms with Crippen LogP contribution in [-0.2, 0) is 6.54 Å². The third-order valence-electron chi connectivity index (χ3n) is 2.49. The SMILES string of the molecule is CCN(Cc1ccc(Br)s1)C(=O)c1ccoc1Cl. The van der Waals surface area contributed by atoms with Crippen LogP contribution in [0.25, 0.3) is 0 Å². The van der Waals surface area contributed by atoms with Crippen molar-refractivity contribution in [1.29, 1.82) is 0 Å². The molecule has 2 aromatic heterocycles. The quantitative estimate of drug-likeness (QED) is 0.819. The molecule has 18 heavy (non-hydrogen) atoms. The van der Waals surface area contributed by atoms with E-state index in [1.807, 2.05) is 19.1 Å². The van der Waals surface area contributed by atoms with Gasteiger partial charge in [0, 0.05) is 11.4 Å². The minimum absolute atomic E-state index is 0.110. The van der Waals surface area contributed by atoms with Crippen LogP contribution in [0.2, 0.25) is 5.22 Å². The average molecular weight is 349 g/mol. The second-order valence-electron chi connectivity index (χ2n) is 3.63. The summed E-state index contributed by atoms with van der Waals surface area (Å²) in [6, 6.07) is 5.57. The fourth-order valence-electron chi connectivity index (χ4n) is 1.57. The number of hydrogen-bond donors (Lipinski definition) is 0. The fraction of sp³-hybridized carbons (Fsp3) is 0.250. The molecule has 6 heteroatoms. The molecule has 0 bridgehead atoms. The van der Waals surface area contributed by atoms with Crippen LogP contribution in [-0.4, -0.2) is 17.4 Å². The molecule has 0 spiro atoms. The molecule has 2 heterocycles. The predicted octanol–water partition coefficient (Wildman–Crippen LogP) is 4.42. The van der Waals surface area contributed by atoms with Gasteiger partial charge < -0.3 is 9.32 Å². The summed E-state index contributed by atoms with van der Waals surface area (Å²) in [7, 11) is 0. The molecule has 0 radical (unpaired) electrons. The summed E-state index contributed by atoms with van der Waals surface area (Å²) in [6.45, 7) is 3.14. The first-order chi connectivity index (χ1) is 8.61. The van der Waals surface area contributed by atoms with Crippen LogP contribution in [0, 0.1) is 0 Å². The maximum Gasteiger partial charge on any atom is 0.259 e. The van der Waals surface area contributed by atoms with Crippen LogP contribution >= 0.6 is 38.9 Å². The van der Waals surface area contributed by atoms with Gasteiger partial charge in [-0.15, -0.1) is 11.3 Å². The van der Waals surface area contributed by atoms with Crippen molar-refractivity contribution in [2.24, 2.45) is 0 Å². The summed E-state index contributed by atoms with van der Waals surface area (Å²) in [5.41, 5.74) is 0.411. The molecule has 0 saturated heterocycles. The zero-order valence-electron chi connectivity index (χ0n) is 9.65. The Bertz CT molecular complexity index is 552. The van der Waals surface area contributed by atoms with Gasteiger partial charge in [0.25, 0.3) is 5.91 Å². The monoisotopic (exact) mass is 347 g/mol. The van der Waals surface area contributed by atoms with Crippen LogP contribution in [0.4, 0.5) is 0 Å². The number of carbonyl (C=O) groups excluding carboxylic acids is 1. The maximum atomic E-state index is 12.2. The highest BCUT2D eigenvalue weighted by Crippen LogP contribution is 2.25. The minimum Gasteiger partial charge on any atom is -0.452 e. The maximum absolute atomic E-state index is 12.2. The van der Waals surface area contributed by atoms with E-state index < -0.39 is 0 Å². The molecule has 3 nitrogen and oxygen atoms in total. The van der Waals surface area contributed by atoms with Gasteiger partial charge in [-0.25, -0.2) is 0 Å². The summed E-state index contributed by atoms with van der Waals surface area (Å²) in [4.78, 5) is 15.1. The van der Waals surface area contributed by atoms with Crippen molar-refractivity contribution in [3.63, 3.8) is 0 Å². The number of halogens is 2. The molecule has 0 N–H and O–H groups in total. The summed E-state index contributed by atoms with van der Waals surface area (Å²) < 4.78 is 6.01. The molecule has 0 aromatic carbocycles. The van der Waals surface area contributed by atoms with E-state index in [1.54, 1.807) is 22.3 Å². The van der Waals surface area contributed by atoms with E-state index in [1.165, 1.54) is 6.26 Å². The van der Waals surface area contributed by atoms with E-state index in [0.717, 1.165) is 8.66 Å². The predicted molar refractivity (Wildman–Crippen MR) is 76.2 cm³/mol. The van der Waals surface area contributed by atoms with E-state index in [-0.39, 0.29) is 11.1 Å². The second kappa shape index (κ2) is 5.91. The highest BCUT2D eigenvalue weighted by Gasteiger charge is 2.19. The highest BCUT2D eigenvalue weighted by atomic mass is 79.9. The van der Waals surface area contributed by atoms with Crippen LogP contribution in [0.1, 0.15) is 22.2 Å². The van der Waals surface area contributed by atoms with E-state index in [0.29, 0.717) is 18.7 Å². The molecular weight excluding hydrogens is 338 g/mol. The first-order valence-corrected chi connectivity index (χ1v) is 7.37. The normalized spacial score (nSPS) is 10.6. The Balaban J connectivity index is 2.14. The van der Waals surface area contributed by atoms with E-state index in [4.69, 9.17) is 16.0 Å². The van der Waals surface area contributed by atoms with E-state index >= 15 is 0 Å². The Morgan fingerprint density at radius 1 is 1.50 bits per heavy atom. The van der Waals surface area contributed by atoms with Gasteiger partial charge in [-0.2, -0.15) is 0 Å². The van der Waals surface area contributed by atoms with Gasteiger partial charge in [0.2, 0.25) is 5.22 Å². The third-order valence-corrected chi connectivity index (χ3v) is 4.39. The molecule has 2 rings (SSSR count). The van der Waals surface area contributed by atoms with Gasteiger partial charge in [-0.05, 0) is 52.7 Å². The molecule has 2 aromatic rings. The number of rotatable bonds is 4. The van der Waals surface area contributed by atoms with Crippen molar-refractivity contribution in [2.75, 3.05) is 6.54 Å². The lowest BCUT2D eigenvalue weighted by Crippen LogP contribution is -2.29. The van der Waals surface area contributed by atoms with E-state index in [9.17, 15) is 4.79 Å². The molecule has 0 aliphatic rings. The van der Waals surface area contributed by atoms with Crippen LogP contribution in [0.3, 0.4) is 0 Å². The lowest BCUT2D eigenvalue weighted by atomic mass is 10.3. The third kappa shape index (κ3) is 2.96. The van der Waals surface area contributed by atoms with Crippen molar-refractivity contribution < 1.29 is 9.21 Å². The second-order valence-corrected chi connectivity index (χ2v) is 6.52. The molecule has 0 aliphatic heterocycles. The summed E-state index contributed by atoms with van der Waals surface area (Å²) in [5.74, 6) is -0.110.